The molecule has 2 heterocycles. The number of nitrogens with one attached hydrogen (secondary N) is 1. The molecule has 31 heavy (non-hydrogen) atoms. The van der Waals surface area contributed by atoms with Crippen LogP contribution < -0.4 is 10.1 Å². The van der Waals surface area contributed by atoms with Crippen LogP contribution in [0.2, 0.25) is 5.02 Å². The number of carbonyl (C=O) groups is 1. The first-order valence-electron chi connectivity index (χ1n) is 9.34. The zero-order chi connectivity index (χ0) is 21.8. The minimum absolute atomic E-state index is 0.0254. The van der Waals surface area contributed by atoms with E-state index in [1.54, 1.807) is 25.6 Å². The number of fused-ring (bicyclic) bond motifs is 1. The van der Waals surface area contributed by atoms with Gasteiger partial charge in [0.05, 0.1) is 29.4 Å². The lowest BCUT2D eigenvalue weighted by atomic mass is 10.2. The summed E-state index contributed by atoms with van der Waals surface area (Å²) < 4.78 is 20.5. The zero-order valence-electron chi connectivity index (χ0n) is 16.5. The summed E-state index contributed by atoms with van der Waals surface area (Å²) in [5, 5.41) is 3.39. The normalized spacial score (nSPS) is 10.9. The number of nitrogens with zero attached hydrogens (tertiary/aromatic N) is 3. The Morgan fingerprint density at radius 2 is 2.13 bits per heavy atom. The Kier molecular flexibility index (Phi) is 6.39. The topological polar surface area (TPSA) is 69.0 Å². The summed E-state index contributed by atoms with van der Waals surface area (Å²) in [6, 6.07) is 13.7. The highest BCUT2D eigenvalue weighted by atomic mass is 35.5. The number of methoxy groups -OCH3 is 1. The molecule has 0 aliphatic rings. The predicted molar refractivity (Wildman–Crippen MR) is 120 cm³/mol. The summed E-state index contributed by atoms with van der Waals surface area (Å²) in [6.07, 6.45) is 3.34. The molecule has 158 valence electrons. The molecule has 9 heteroatoms. The Morgan fingerprint density at radius 3 is 2.94 bits per heavy atom. The highest BCUT2D eigenvalue weighted by Crippen LogP contribution is 2.28. The summed E-state index contributed by atoms with van der Waals surface area (Å²) in [5.74, 6) is 0.619. The van der Waals surface area contributed by atoms with Crippen molar-refractivity contribution < 1.29 is 13.9 Å². The molecule has 0 bridgehead atoms. The average Bonchev–Trinajstić information content (AvgIpc) is 3.12. The molecule has 0 aliphatic heterocycles. The third-order valence-corrected chi connectivity index (χ3v) is 5.86. The van der Waals surface area contributed by atoms with Crippen LogP contribution >= 0.6 is 23.4 Å². The largest absolute Gasteiger partial charge is 0.497 e. The van der Waals surface area contributed by atoms with E-state index in [1.165, 1.54) is 30.0 Å². The van der Waals surface area contributed by atoms with Crippen molar-refractivity contribution in [3.05, 3.63) is 77.3 Å². The maximum Gasteiger partial charge on any atom is 0.244 e. The lowest BCUT2D eigenvalue weighted by Crippen LogP contribution is -2.19. The first kappa shape index (κ1) is 21.1. The molecular formula is C22H18ClFN4O2S. The van der Waals surface area contributed by atoms with Gasteiger partial charge in [0.2, 0.25) is 5.91 Å². The Bertz CT molecular complexity index is 1250. The molecule has 1 amide bonds. The van der Waals surface area contributed by atoms with Crippen LogP contribution in [0.1, 0.15) is 5.56 Å². The summed E-state index contributed by atoms with van der Waals surface area (Å²) in [7, 11) is 1.63. The number of anilines is 1. The number of hydrogen-bond donors (Lipinski definition) is 1. The predicted octanol–water partition coefficient (Wildman–Crippen LogP) is 5.16. The number of carbonyl (C=O) groups excluding carboxylic acids is 1. The second-order valence-electron chi connectivity index (χ2n) is 6.66. The molecule has 0 atom stereocenters. The van der Waals surface area contributed by atoms with Crippen molar-refractivity contribution >= 4 is 46.0 Å². The number of imidazole rings is 1. The van der Waals surface area contributed by atoms with Gasteiger partial charge in [-0.1, -0.05) is 35.5 Å². The Hall–Kier alpha value is -3.10. The molecule has 0 aliphatic carbocycles. The standard InChI is InChI=1S/C22H18ClFN4O2S/c1-30-16-4-2-3-14(9-16)13-31-22-27-19-7-8-25-11-20(19)28(22)12-21(29)26-15-5-6-18(24)17(23)10-15/h2-11H,12-13H2,1H3,(H,26,29). The van der Waals surface area contributed by atoms with Crippen molar-refractivity contribution in [1.82, 2.24) is 14.5 Å². The van der Waals surface area contributed by atoms with Crippen molar-refractivity contribution in [2.24, 2.45) is 0 Å². The van der Waals surface area contributed by atoms with Crippen LogP contribution in [0.25, 0.3) is 11.0 Å². The smallest absolute Gasteiger partial charge is 0.244 e. The summed E-state index contributed by atoms with van der Waals surface area (Å²) in [6.45, 7) is 0.0254. The van der Waals surface area contributed by atoms with Gasteiger partial charge in [0.1, 0.15) is 18.1 Å². The first-order chi connectivity index (χ1) is 15.0. The van der Waals surface area contributed by atoms with Crippen molar-refractivity contribution in [2.75, 3.05) is 12.4 Å². The molecule has 0 unspecified atom stereocenters. The summed E-state index contributed by atoms with van der Waals surface area (Å²) >= 11 is 7.32. The fraction of sp³-hybridized carbons (Fsp3) is 0.136. The van der Waals surface area contributed by atoms with Crippen LogP contribution in [0.15, 0.2) is 66.1 Å². The van der Waals surface area contributed by atoms with E-state index in [0.29, 0.717) is 16.6 Å². The SMILES string of the molecule is COc1cccc(CSc2nc3ccncc3n2CC(=O)Nc2ccc(F)c(Cl)c2)c1. The van der Waals surface area contributed by atoms with Crippen LogP contribution in [0, 0.1) is 5.82 Å². The molecule has 0 saturated carbocycles. The molecule has 4 aromatic rings. The zero-order valence-corrected chi connectivity index (χ0v) is 18.1. The molecule has 2 aromatic heterocycles. The van der Waals surface area contributed by atoms with E-state index < -0.39 is 5.82 Å². The van der Waals surface area contributed by atoms with Crippen LogP contribution in [-0.2, 0) is 17.1 Å². The van der Waals surface area contributed by atoms with Gasteiger partial charge >= 0.3 is 0 Å². The monoisotopic (exact) mass is 456 g/mol. The van der Waals surface area contributed by atoms with E-state index in [-0.39, 0.29) is 17.5 Å². The van der Waals surface area contributed by atoms with Gasteiger partial charge in [-0.15, -0.1) is 0 Å². The molecular weight excluding hydrogens is 439 g/mol. The van der Waals surface area contributed by atoms with E-state index in [4.69, 9.17) is 16.3 Å². The van der Waals surface area contributed by atoms with Gasteiger partial charge in [0.15, 0.2) is 5.16 Å². The fourth-order valence-corrected chi connectivity index (χ4v) is 4.18. The second-order valence-corrected chi connectivity index (χ2v) is 8.01. The number of benzene rings is 2. The molecule has 0 fully saturated rings. The number of hydrogen-bond acceptors (Lipinski definition) is 5. The third kappa shape index (κ3) is 4.98. The number of pyridine rings is 1. The van der Waals surface area contributed by atoms with Gasteiger partial charge in [0.25, 0.3) is 0 Å². The van der Waals surface area contributed by atoms with E-state index >= 15 is 0 Å². The van der Waals surface area contributed by atoms with Crippen LogP contribution in [0.5, 0.6) is 5.75 Å². The highest BCUT2D eigenvalue weighted by Gasteiger charge is 2.15. The summed E-state index contributed by atoms with van der Waals surface area (Å²) in [5.41, 5.74) is 3.00. The van der Waals surface area contributed by atoms with Gasteiger partial charge in [-0.3, -0.25) is 9.78 Å². The van der Waals surface area contributed by atoms with Crippen molar-refractivity contribution in [1.29, 1.82) is 0 Å². The first-order valence-corrected chi connectivity index (χ1v) is 10.7. The number of ether oxygens (including phenoxy) is 1. The molecule has 0 saturated heterocycles. The van der Waals surface area contributed by atoms with Gasteiger partial charge in [-0.2, -0.15) is 0 Å². The quantitative estimate of drug-likeness (QED) is 0.389. The van der Waals surface area contributed by atoms with Crippen LogP contribution in [-0.4, -0.2) is 27.6 Å². The fourth-order valence-electron chi connectivity index (χ4n) is 3.04. The lowest BCUT2D eigenvalue weighted by Gasteiger charge is -2.10. The van der Waals surface area contributed by atoms with Gasteiger partial charge in [-0.05, 0) is 42.0 Å². The van der Waals surface area contributed by atoms with E-state index in [2.05, 4.69) is 15.3 Å². The van der Waals surface area contributed by atoms with Gasteiger partial charge in [0, 0.05) is 17.6 Å². The van der Waals surface area contributed by atoms with E-state index in [9.17, 15) is 9.18 Å². The molecule has 2 aromatic carbocycles. The molecule has 0 spiro atoms. The number of halogens is 2. The van der Waals surface area contributed by atoms with Crippen LogP contribution in [0.4, 0.5) is 10.1 Å². The number of rotatable bonds is 7. The maximum atomic E-state index is 13.4. The molecule has 4 rings (SSSR count). The lowest BCUT2D eigenvalue weighted by molar-refractivity contribution is -0.116. The Labute approximate surface area is 187 Å². The van der Waals surface area contributed by atoms with Gasteiger partial charge < -0.3 is 14.6 Å². The van der Waals surface area contributed by atoms with Crippen molar-refractivity contribution in [2.45, 2.75) is 17.5 Å². The number of thioether (sulfide) groups is 1. The highest BCUT2D eigenvalue weighted by molar-refractivity contribution is 7.98. The van der Waals surface area contributed by atoms with Crippen molar-refractivity contribution in [3.63, 3.8) is 0 Å². The van der Waals surface area contributed by atoms with E-state index in [0.717, 1.165) is 22.3 Å². The minimum atomic E-state index is -0.539. The van der Waals surface area contributed by atoms with Gasteiger partial charge in [-0.25, -0.2) is 9.37 Å². The Balaban J connectivity index is 1.55. The minimum Gasteiger partial charge on any atom is -0.497 e. The van der Waals surface area contributed by atoms with E-state index in [1.807, 2.05) is 28.8 Å². The molecule has 1 N–H and O–H groups in total. The summed E-state index contributed by atoms with van der Waals surface area (Å²) in [4.78, 5) is 21.5. The molecule has 0 radical (unpaired) electrons. The Morgan fingerprint density at radius 1 is 1.26 bits per heavy atom. The van der Waals surface area contributed by atoms with Crippen LogP contribution in [0.3, 0.4) is 0 Å². The number of amides is 1. The second kappa shape index (κ2) is 9.36. The number of aromatic nitrogens is 3. The van der Waals surface area contributed by atoms with Crippen molar-refractivity contribution in [3.8, 4) is 5.75 Å². The molecule has 6 nitrogen and oxygen atoms in total. The maximum absolute atomic E-state index is 13.4. The average molecular weight is 457 g/mol. The third-order valence-electron chi connectivity index (χ3n) is 4.52.